The highest BCUT2D eigenvalue weighted by Crippen LogP contribution is 2.37. The molecule has 0 aliphatic carbocycles. The lowest BCUT2D eigenvalue weighted by atomic mass is 9.74. The summed E-state index contributed by atoms with van der Waals surface area (Å²) in [5, 5.41) is 5.21. The highest BCUT2D eigenvalue weighted by molar-refractivity contribution is 7.89. The number of primary sulfonamides is 1. The largest absolute Gasteiger partial charge is 0.495 e. The molecule has 0 bridgehead atoms. The molecule has 3 rings (SSSR count). The number of sulfonamides is 1. The van der Waals surface area contributed by atoms with Crippen LogP contribution in [0, 0.1) is 6.92 Å². The summed E-state index contributed by atoms with van der Waals surface area (Å²) in [5.41, 5.74) is 1.88. The van der Waals surface area contributed by atoms with Crippen LogP contribution in [0.15, 0.2) is 41.3 Å². The van der Waals surface area contributed by atoms with Gasteiger partial charge in [0.05, 0.1) is 16.1 Å². The van der Waals surface area contributed by atoms with Gasteiger partial charge in [0, 0.05) is 18.4 Å². The fourth-order valence-corrected chi connectivity index (χ4v) is 4.84. The summed E-state index contributed by atoms with van der Waals surface area (Å²) in [5.74, 6) is -0.177. The van der Waals surface area contributed by atoms with Crippen LogP contribution in [0.1, 0.15) is 67.6 Å². The van der Waals surface area contributed by atoms with Crippen LogP contribution in [0.2, 0.25) is 0 Å². The molecule has 0 saturated carbocycles. The average Bonchev–Trinajstić information content (AvgIpc) is 2.93. The van der Waals surface area contributed by atoms with Crippen molar-refractivity contribution >= 4 is 28.4 Å². The number of hydrogen-bond donors (Lipinski definition) is 1. The van der Waals surface area contributed by atoms with E-state index in [2.05, 4.69) is 0 Å². The summed E-state index contributed by atoms with van der Waals surface area (Å²) >= 11 is 0. The third-order valence-corrected chi connectivity index (χ3v) is 7.82. The standard InChI is InChI=1S/C25H32BF2NO5S/c1-16-13-17(9-12-22(16)35(29,31)32)14-21(30)19-10-11-20(18(15-19)7-6-8-23(27)28)26-33-24(2,3)25(4,5)34-26/h9-13,15,23H,6-8,14H2,1-5H3,(H2,29,31,32). The van der Waals surface area contributed by atoms with Gasteiger partial charge in [0.2, 0.25) is 16.4 Å². The van der Waals surface area contributed by atoms with E-state index in [-0.39, 0.29) is 29.9 Å². The first-order valence-corrected chi connectivity index (χ1v) is 13.1. The van der Waals surface area contributed by atoms with Crippen molar-refractivity contribution in [3.05, 3.63) is 58.7 Å². The number of halogens is 2. The zero-order valence-electron chi connectivity index (χ0n) is 20.7. The molecule has 1 heterocycles. The van der Waals surface area contributed by atoms with Gasteiger partial charge in [0.15, 0.2) is 5.78 Å². The van der Waals surface area contributed by atoms with Crippen LogP contribution in [0.25, 0.3) is 0 Å². The summed E-state index contributed by atoms with van der Waals surface area (Å²) in [6.45, 7) is 9.36. The molecule has 0 amide bonds. The van der Waals surface area contributed by atoms with Crippen LogP contribution in [0.4, 0.5) is 8.78 Å². The fraction of sp³-hybridized carbons (Fsp3) is 0.480. The maximum Gasteiger partial charge on any atom is 0.495 e. The Morgan fingerprint density at radius 1 is 1.06 bits per heavy atom. The molecule has 0 radical (unpaired) electrons. The van der Waals surface area contributed by atoms with E-state index in [4.69, 9.17) is 14.4 Å². The van der Waals surface area contributed by atoms with Crippen molar-refractivity contribution in [2.45, 2.75) is 82.8 Å². The van der Waals surface area contributed by atoms with Crippen LogP contribution in [0.3, 0.4) is 0 Å². The van der Waals surface area contributed by atoms with Crippen molar-refractivity contribution in [3.63, 3.8) is 0 Å². The van der Waals surface area contributed by atoms with Crippen molar-refractivity contribution in [3.8, 4) is 0 Å². The Labute approximate surface area is 206 Å². The van der Waals surface area contributed by atoms with E-state index in [0.29, 0.717) is 23.1 Å². The number of carbonyl (C=O) groups excluding carboxylic acids is 1. The van der Waals surface area contributed by atoms with Gasteiger partial charge in [0.1, 0.15) is 0 Å². The van der Waals surface area contributed by atoms with Crippen molar-refractivity contribution in [1.82, 2.24) is 0 Å². The molecule has 6 nitrogen and oxygen atoms in total. The maximum atomic E-state index is 13.1. The third kappa shape index (κ3) is 6.36. The summed E-state index contributed by atoms with van der Waals surface area (Å²) in [7, 11) is -4.51. The second-order valence-electron chi connectivity index (χ2n) is 10.0. The Balaban J connectivity index is 1.87. The molecule has 2 N–H and O–H groups in total. The molecule has 10 heteroatoms. The zero-order chi connectivity index (χ0) is 26.2. The van der Waals surface area contributed by atoms with Crippen LogP contribution in [0.5, 0.6) is 0 Å². The van der Waals surface area contributed by atoms with Crippen LogP contribution >= 0.6 is 0 Å². The third-order valence-electron chi connectivity index (χ3n) is 6.75. The Morgan fingerprint density at radius 3 is 2.23 bits per heavy atom. The first kappa shape index (κ1) is 27.5. The molecule has 0 spiro atoms. The predicted octanol–water partition coefficient (Wildman–Crippen LogP) is 3.95. The molecule has 0 aromatic heterocycles. The molecule has 35 heavy (non-hydrogen) atoms. The van der Waals surface area contributed by atoms with E-state index in [9.17, 15) is 22.0 Å². The highest BCUT2D eigenvalue weighted by atomic mass is 32.2. The number of alkyl halides is 2. The molecule has 2 aromatic rings. The number of Topliss-reactive ketones (excluding diaryl/α,β-unsaturated/α-hetero) is 1. The number of nitrogens with two attached hydrogens (primary N) is 1. The number of hydrogen-bond acceptors (Lipinski definition) is 5. The van der Waals surface area contributed by atoms with E-state index in [0.717, 1.165) is 11.0 Å². The second-order valence-corrected chi connectivity index (χ2v) is 11.6. The van der Waals surface area contributed by atoms with E-state index in [1.807, 2.05) is 27.7 Å². The SMILES string of the molecule is Cc1cc(CC(=O)c2ccc(B3OC(C)(C)C(C)(C)O3)c(CCCC(F)F)c2)ccc1S(N)(=O)=O. The molecule has 1 saturated heterocycles. The van der Waals surface area contributed by atoms with E-state index < -0.39 is 34.8 Å². The van der Waals surface area contributed by atoms with Crippen LogP contribution in [-0.2, 0) is 32.2 Å². The Bertz CT molecular complexity index is 1200. The van der Waals surface area contributed by atoms with Gasteiger partial charge < -0.3 is 9.31 Å². The van der Waals surface area contributed by atoms with Crippen molar-refractivity contribution in [2.75, 3.05) is 0 Å². The summed E-state index contributed by atoms with van der Waals surface area (Å²) in [4.78, 5) is 13.1. The molecule has 1 aliphatic rings. The van der Waals surface area contributed by atoms with Crippen molar-refractivity contribution in [1.29, 1.82) is 0 Å². The first-order chi connectivity index (χ1) is 16.1. The minimum absolute atomic E-state index is 0.0155. The highest BCUT2D eigenvalue weighted by Gasteiger charge is 2.52. The Kier molecular flexibility index (Phi) is 7.91. The van der Waals surface area contributed by atoms with Gasteiger partial charge >= 0.3 is 7.12 Å². The van der Waals surface area contributed by atoms with Gasteiger partial charge in [-0.3, -0.25) is 4.79 Å². The number of rotatable bonds is 9. The van der Waals surface area contributed by atoms with Gasteiger partial charge in [-0.2, -0.15) is 0 Å². The zero-order valence-corrected chi connectivity index (χ0v) is 21.5. The number of benzene rings is 2. The predicted molar refractivity (Wildman–Crippen MR) is 132 cm³/mol. The van der Waals surface area contributed by atoms with E-state index in [1.54, 1.807) is 37.3 Å². The summed E-state index contributed by atoms with van der Waals surface area (Å²) in [6.07, 6.45) is -1.97. The molecule has 190 valence electrons. The number of aryl methyl sites for hydroxylation is 2. The Hall–Kier alpha value is -2.14. The minimum atomic E-state index is -3.84. The van der Waals surface area contributed by atoms with Gasteiger partial charge in [-0.05, 0) is 81.7 Å². The molecule has 1 aliphatic heterocycles. The molecule has 2 aromatic carbocycles. The van der Waals surface area contributed by atoms with Gasteiger partial charge in [-0.1, -0.05) is 24.3 Å². The fourth-order valence-electron chi connectivity index (χ4n) is 4.07. The number of carbonyl (C=O) groups is 1. The molecular weight excluding hydrogens is 475 g/mol. The van der Waals surface area contributed by atoms with Gasteiger partial charge in [-0.25, -0.2) is 22.3 Å². The lowest BCUT2D eigenvalue weighted by Crippen LogP contribution is -2.41. The quantitative estimate of drug-likeness (QED) is 0.410. The molecular formula is C25H32BF2NO5S. The first-order valence-electron chi connectivity index (χ1n) is 11.5. The molecule has 0 unspecified atom stereocenters. The second kappa shape index (κ2) is 10.1. The maximum absolute atomic E-state index is 13.1. The van der Waals surface area contributed by atoms with E-state index in [1.165, 1.54) is 6.07 Å². The summed E-state index contributed by atoms with van der Waals surface area (Å²) in [6, 6.07) is 9.75. The van der Waals surface area contributed by atoms with E-state index >= 15 is 0 Å². The Morgan fingerprint density at radius 2 is 1.69 bits per heavy atom. The minimum Gasteiger partial charge on any atom is -0.399 e. The van der Waals surface area contributed by atoms with Gasteiger partial charge in [-0.15, -0.1) is 0 Å². The van der Waals surface area contributed by atoms with Crippen LogP contribution in [-0.4, -0.2) is 38.9 Å². The number of ketones is 1. The monoisotopic (exact) mass is 507 g/mol. The molecule has 0 atom stereocenters. The topological polar surface area (TPSA) is 95.7 Å². The molecule has 1 fully saturated rings. The lowest BCUT2D eigenvalue weighted by Gasteiger charge is -2.32. The lowest BCUT2D eigenvalue weighted by molar-refractivity contribution is 0.00578. The van der Waals surface area contributed by atoms with Gasteiger partial charge in [0.25, 0.3) is 0 Å². The summed E-state index contributed by atoms with van der Waals surface area (Å²) < 4.78 is 61.1. The normalized spacial score (nSPS) is 17.2. The smallest absolute Gasteiger partial charge is 0.399 e. The van der Waals surface area contributed by atoms with Crippen molar-refractivity contribution < 1.29 is 31.3 Å². The average molecular weight is 507 g/mol. The van der Waals surface area contributed by atoms with Crippen LogP contribution < -0.4 is 10.6 Å². The van der Waals surface area contributed by atoms with Crippen molar-refractivity contribution in [2.24, 2.45) is 5.14 Å².